The summed E-state index contributed by atoms with van der Waals surface area (Å²) in [5.74, 6) is -2.75. The van der Waals surface area contributed by atoms with Gasteiger partial charge in [-0.15, -0.1) is 0 Å². The first-order valence-corrected chi connectivity index (χ1v) is 12.3. The number of amides is 1. The molecule has 38 heavy (non-hydrogen) atoms. The van der Waals surface area contributed by atoms with Gasteiger partial charge in [-0.1, -0.05) is 48.5 Å². The predicted octanol–water partition coefficient (Wildman–Crippen LogP) is 4.71. The van der Waals surface area contributed by atoms with E-state index in [-0.39, 0.29) is 35.3 Å². The standard InChI is InChI=1S/C30H32FNO6/c1-5-37-29(36)26(33)25(17-19-11-7-6-8-12-19)32-27(34)20-15-16-24(31)23(18-20)21-13-9-10-14-22(21)28(35)38-30(2,3)4/h6-16,18,25-26,33H,5,17H2,1-4H3,(H,32,34). The van der Waals surface area contributed by atoms with E-state index in [1.54, 1.807) is 70.2 Å². The summed E-state index contributed by atoms with van der Waals surface area (Å²) >= 11 is 0. The maximum absolute atomic E-state index is 15.0. The van der Waals surface area contributed by atoms with Crippen LogP contribution in [0.15, 0.2) is 72.8 Å². The Morgan fingerprint density at radius 2 is 1.61 bits per heavy atom. The largest absolute Gasteiger partial charge is 0.464 e. The fourth-order valence-corrected chi connectivity index (χ4v) is 3.86. The molecule has 0 spiro atoms. The molecule has 0 aliphatic rings. The number of ether oxygens (including phenoxy) is 2. The molecule has 2 N–H and O–H groups in total. The molecular weight excluding hydrogens is 489 g/mol. The summed E-state index contributed by atoms with van der Waals surface area (Å²) in [6.45, 7) is 6.88. The van der Waals surface area contributed by atoms with E-state index in [0.717, 1.165) is 11.6 Å². The van der Waals surface area contributed by atoms with Crippen molar-refractivity contribution in [3.05, 3.63) is 95.3 Å². The Bertz CT molecular complexity index is 1290. The molecule has 0 saturated heterocycles. The van der Waals surface area contributed by atoms with Crippen LogP contribution in [0.2, 0.25) is 0 Å². The molecule has 8 heteroatoms. The van der Waals surface area contributed by atoms with E-state index in [1.807, 2.05) is 6.07 Å². The van der Waals surface area contributed by atoms with E-state index < -0.39 is 41.4 Å². The second-order valence-corrected chi connectivity index (χ2v) is 9.71. The van der Waals surface area contributed by atoms with Crippen molar-refractivity contribution in [3.63, 3.8) is 0 Å². The van der Waals surface area contributed by atoms with Gasteiger partial charge in [0.15, 0.2) is 6.10 Å². The van der Waals surface area contributed by atoms with Gasteiger partial charge in [0, 0.05) is 11.1 Å². The number of benzene rings is 3. The van der Waals surface area contributed by atoms with Gasteiger partial charge in [-0.2, -0.15) is 0 Å². The first-order chi connectivity index (χ1) is 18.0. The molecule has 3 aromatic rings. The summed E-state index contributed by atoms with van der Waals surface area (Å²) in [6.07, 6.45) is -1.46. The maximum Gasteiger partial charge on any atom is 0.339 e. The van der Waals surface area contributed by atoms with Crippen molar-refractivity contribution in [1.82, 2.24) is 5.32 Å². The minimum absolute atomic E-state index is 0.0321. The fourth-order valence-electron chi connectivity index (χ4n) is 3.86. The fraction of sp³-hybridized carbons (Fsp3) is 0.300. The van der Waals surface area contributed by atoms with Crippen LogP contribution in [-0.2, 0) is 20.7 Å². The van der Waals surface area contributed by atoms with Crippen LogP contribution in [-0.4, -0.2) is 47.3 Å². The molecule has 2 atom stereocenters. The van der Waals surface area contributed by atoms with Crippen LogP contribution in [0.5, 0.6) is 0 Å². The lowest BCUT2D eigenvalue weighted by Crippen LogP contribution is -2.48. The zero-order valence-electron chi connectivity index (χ0n) is 21.9. The number of carbonyl (C=O) groups is 3. The molecule has 0 radical (unpaired) electrons. The summed E-state index contributed by atoms with van der Waals surface area (Å²) in [5.41, 5.74) is 0.559. The Morgan fingerprint density at radius 3 is 2.26 bits per heavy atom. The van der Waals surface area contributed by atoms with Gasteiger partial charge in [0.05, 0.1) is 18.2 Å². The summed E-state index contributed by atoms with van der Waals surface area (Å²) in [7, 11) is 0. The van der Waals surface area contributed by atoms with Crippen LogP contribution in [0.25, 0.3) is 11.1 Å². The van der Waals surface area contributed by atoms with Crippen molar-refractivity contribution in [3.8, 4) is 11.1 Å². The molecule has 0 aliphatic carbocycles. The van der Waals surface area contributed by atoms with E-state index >= 15 is 0 Å². The number of esters is 2. The smallest absolute Gasteiger partial charge is 0.339 e. The number of hydrogen-bond acceptors (Lipinski definition) is 6. The Balaban J connectivity index is 1.93. The van der Waals surface area contributed by atoms with Crippen molar-refractivity contribution in [2.45, 2.75) is 51.9 Å². The first-order valence-electron chi connectivity index (χ1n) is 12.3. The van der Waals surface area contributed by atoms with Crippen molar-refractivity contribution in [2.75, 3.05) is 6.61 Å². The molecule has 2 unspecified atom stereocenters. The quantitative estimate of drug-likeness (QED) is 0.396. The maximum atomic E-state index is 15.0. The molecule has 0 bridgehead atoms. The van der Waals surface area contributed by atoms with E-state index in [9.17, 15) is 23.9 Å². The number of rotatable bonds is 9. The van der Waals surface area contributed by atoms with Gasteiger partial charge < -0.3 is 19.9 Å². The molecule has 0 aromatic heterocycles. The zero-order valence-corrected chi connectivity index (χ0v) is 21.9. The molecule has 0 heterocycles. The predicted molar refractivity (Wildman–Crippen MR) is 141 cm³/mol. The highest BCUT2D eigenvalue weighted by molar-refractivity contribution is 6.00. The van der Waals surface area contributed by atoms with Crippen molar-refractivity contribution in [2.24, 2.45) is 0 Å². The molecule has 1 amide bonds. The van der Waals surface area contributed by atoms with Crippen molar-refractivity contribution >= 4 is 17.8 Å². The lowest BCUT2D eigenvalue weighted by atomic mass is 9.96. The van der Waals surface area contributed by atoms with Gasteiger partial charge in [0.25, 0.3) is 5.91 Å². The van der Waals surface area contributed by atoms with Crippen molar-refractivity contribution in [1.29, 1.82) is 0 Å². The van der Waals surface area contributed by atoms with Crippen LogP contribution in [0.1, 0.15) is 54.0 Å². The van der Waals surface area contributed by atoms with Crippen LogP contribution in [0.4, 0.5) is 4.39 Å². The number of nitrogens with one attached hydrogen (secondary N) is 1. The number of hydrogen-bond donors (Lipinski definition) is 2. The molecule has 3 aromatic carbocycles. The van der Waals surface area contributed by atoms with Crippen molar-refractivity contribution < 1.29 is 33.4 Å². The van der Waals surface area contributed by atoms with Gasteiger partial charge in [-0.25, -0.2) is 14.0 Å². The second kappa shape index (κ2) is 12.5. The number of aliphatic hydroxyl groups is 1. The average molecular weight is 522 g/mol. The van der Waals surface area contributed by atoms with Gasteiger partial charge in [0.1, 0.15) is 11.4 Å². The van der Waals surface area contributed by atoms with Crippen LogP contribution >= 0.6 is 0 Å². The summed E-state index contributed by atoms with van der Waals surface area (Å²) in [6, 6.07) is 18.2. The lowest BCUT2D eigenvalue weighted by molar-refractivity contribution is -0.154. The van der Waals surface area contributed by atoms with Gasteiger partial charge in [0.2, 0.25) is 0 Å². The number of carbonyl (C=O) groups excluding carboxylic acids is 3. The van der Waals surface area contributed by atoms with Crippen LogP contribution in [0.3, 0.4) is 0 Å². The van der Waals surface area contributed by atoms with Crippen LogP contribution in [0, 0.1) is 5.82 Å². The molecule has 200 valence electrons. The highest BCUT2D eigenvalue weighted by Crippen LogP contribution is 2.29. The Hall–Kier alpha value is -4.04. The highest BCUT2D eigenvalue weighted by Gasteiger charge is 2.30. The van der Waals surface area contributed by atoms with Gasteiger partial charge in [-0.05, 0) is 69.5 Å². The minimum Gasteiger partial charge on any atom is -0.464 e. The molecule has 0 aliphatic heterocycles. The Kier molecular flexibility index (Phi) is 9.36. The minimum atomic E-state index is -1.62. The zero-order chi connectivity index (χ0) is 27.9. The number of halogens is 1. The van der Waals surface area contributed by atoms with Gasteiger partial charge in [-0.3, -0.25) is 4.79 Å². The van der Waals surface area contributed by atoms with Crippen LogP contribution < -0.4 is 5.32 Å². The van der Waals surface area contributed by atoms with E-state index in [1.165, 1.54) is 18.2 Å². The topological polar surface area (TPSA) is 102 Å². The summed E-state index contributed by atoms with van der Waals surface area (Å²) < 4.78 is 25.4. The Labute approximate surface area is 221 Å². The molecule has 7 nitrogen and oxygen atoms in total. The summed E-state index contributed by atoms with van der Waals surface area (Å²) in [5, 5.41) is 13.3. The molecule has 0 fully saturated rings. The molecular formula is C30H32FNO6. The monoisotopic (exact) mass is 521 g/mol. The third kappa shape index (κ3) is 7.49. The van der Waals surface area contributed by atoms with E-state index in [2.05, 4.69) is 5.32 Å². The van der Waals surface area contributed by atoms with E-state index in [0.29, 0.717) is 0 Å². The molecule has 0 saturated carbocycles. The third-order valence-corrected chi connectivity index (χ3v) is 5.59. The second-order valence-electron chi connectivity index (χ2n) is 9.71. The SMILES string of the molecule is CCOC(=O)C(O)C(Cc1ccccc1)NC(=O)c1ccc(F)c(-c2ccccc2C(=O)OC(C)(C)C)c1. The van der Waals surface area contributed by atoms with Gasteiger partial charge >= 0.3 is 11.9 Å². The Morgan fingerprint density at radius 1 is 0.947 bits per heavy atom. The first kappa shape index (κ1) is 28.5. The highest BCUT2D eigenvalue weighted by atomic mass is 19.1. The normalized spacial score (nSPS) is 12.8. The average Bonchev–Trinajstić information content (AvgIpc) is 2.88. The number of aliphatic hydroxyl groups excluding tert-OH is 1. The third-order valence-electron chi connectivity index (χ3n) is 5.59. The lowest BCUT2D eigenvalue weighted by Gasteiger charge is -2.23. The summed E-state index contributed by atoms with van der Waals surface area (Å²) in [4.78, 5) is 38.3. The molecule has 3 rings (SSSR count). The van der Waals surface area contributed by atoms with E-state index in [4.69, 9.17) is 9.47 Å².